The topological polar surface area (TPSA) is 173 Å². The lowest BCUT2D eigenvalue weighted by Gasteiger charge is -2.35. The molecule has 2 saturated carbocycles. The third kappa shape index (κ3) is 8.87. The molecule has 2 aliphatic heterocycles. The van der Waals surface area contributed by atoms with E-state index in [2.05, 4.69) is 22.8 Å². The standard InChI is InChI=1S/C43H49F2N7O6S2/c1-42(2,3)35-39(54)52-23-28(21-33(52)37(53)50-43(22-30(43)36(44)45)40(55)51-60(56,57)29-18-19-29)58-38-34(47-31-16-9-10-17-32(31)48-38)26-14-11-13-25(20-26)12-7-5-4-6-8-15-27-24-59-41(46-27)49-35/h7,9-14,16-17,20,24,28-30,33,35-36H,4-6,8,15,18-19,21-23H2,1-3H3,(H,46,49)(H,50,53)(H,51,55)/b12-7+/t28-,30+,33+,35-,43-/m1/s1. The maximum Gasteiger partial charge on any atom is 0.259 e. The van der Waals surface area contributed by atoms with Gasteiger partial charge in [-0.1, -0.05) is 69.7 Å². The number of carbonyl (C=O) groups excluding carboxylic acids is 3. The van der Waals surface area contributed by atoms with Crippen LogP contribution in [0.2, 0.25) is 0 Å². The van der Waals surface area contributed by atoms with E-state index in [4.69, 9.17) is 19.7 Å². The third-order valence-corrected chi connectivity index (χ3v) is 14.3. The Hall–Kier alpha value is -5.03. The van der Waals surface area contributed by atoms with Crippen molar-refractivity contribution in [2.45, 2.75) is 114 Å². The van der Waals surface area contributed by atoms with Crippen LogP contribution in [-0.4, -0.2) is 87.9 Å². The zero-order valence-electron chi connectivity index (χ0n) is 33.7. The molecule has 2 aromatic carbocycles. The number of ether oxygens (including phenoxy) is 1. The van der Waals surface area contributed by atoms with Crippen molar-refractivity contribution in [3.63, 3.8) is 0 Å². The average molecular weight is 862 g/mol. The van der Waals surface area contributed by atoms with E-state index in [-0.39, 0.29) is 18.8 Å². The predicted octanol–water partition coefficient (Wildman–Crippen LogP) is 6.51. The number of amides is 3. The molecule has 0 unspecified atom stereocenters. The van der Waals surface area contributed by atoms with E-state index in [9.17, 15) is 31.6 Å². The Morgan fingerprint density at radius 2 is 1.80 bits per heavy atom. The summed E-state index contributed by atoms with van der Waals surface area (Å²) >= 11 is 1.38. The molecule has 60 heavy (non-hydrogen) atoms. The van der Waals surface area contributed by atoms with Gasteiger partial charge in [-0.05, 0) is 74.1 Å². The largest absolute Gasteiger partial charge is 0.471 e. The smallest absolute Gasteiger partial charge is 0.259 e. The fourth-order valence-electron chi connectivity index (χ4n) is 8.01. The molecule has 3 fully saturated rings. The van der Waals surface area contributed by atoms with Crippen LogP contribution in [-0.2, 0) is 30.8 Å². The Bertz CT molecular complexity index is 2430. The fraction of sp³-hybridized carbons (Fsp3) is 0.488. The minimum absolute atomic E-state index is 0.0933. The number of thiazole rings is 1. The number of nitrogens with zero attached hydrogens (tertiary/aromatic N) is 4. The number of allylic oxidation sites excluding steroid dienone is 1. The van der Waals surface area contributed by atoms with Crippen molar-refractivity contribution in [3.05, 3.63) is 71.2 Å². The number of para-hydroxylation sites is 2. The number of carbonyl (C=O) groups is 3. The highest BCUT2D eigenvalue weighted by Gasteiger charge is 2.67. The van der Waals surface area contributed by atoms with E-state index in [1.807, 2.05) is 73.3 Å². The van der Waals surface area contributed by atoms with Gasteiger partial charge >= 0.3 is 0 Å². The van der Waals surface area contributed by atoms with E-state index >= 15 is 0 Å². The monoisotopic (exact) mass is 861 g/mol. The number of aromatic nitrogens is 3. The van der Waals surface area contributed by atoms with Gasteiger partial charge in [-0.25, -0.2) is 32.2 Å². The normalized spacial score (nSPS) is 25.6. The maximum atomic E-state index is 14.9. The van der Waals surface area contributed by atoms with Gasteiger partial charge in [0.05, 0.1) is 34.4 Å². The molecule has 3 N–H and O–H groups in total. The SMILES string of the molecule is CC(C)(C)[C@@H]1Nc2nc(cs2)CCCCC/C=C/c2cccc(c2)-c2nc3ccccc3nc2O[C@@H]2C[C@@H](C(=O)N[C@]3(C(=O)NS(=O)(=O)C4CC4)C[C@H]3C(F)F)N(C2)C1=O. The first-order valence-corrected chi connectivity index (χ1v) is 22.9. The van der Waals surface area contributed by atoms with E-state index < -0.39 is 80.9 Å². The Kier molecular flexibility index (Phi) is 11.4. The lowest BCUT2D eigenvalue weighted by atomic mass is 9.85. The van der Waals surface area contributed by atoms with E-state index in [0.717, 1.165) is 48.9 Å². The van der Waals surface area contributed by atoms with Crippen molar-refractivity contribution in [1.82, 2.24) is 29.9 Å². The highest BCUT2D eigenvalue weighted by Crippen LogP contribution is 2.48. The van der Waals surface area contributed by atoms with Crippen LogP contribution >= 0.6 is 11.3 Å². The summed E-state index contributed by atoms with van der Waals surface area (Å²) in [5.41, 5.74) is 1.38. The molecule has 2 aromatic heterocycles. The molecule has 318 valence electrons. The highest BCUT2D eigenvalue weighted by atomic mass is 32.2. The molecule has 4 aromatic rings. The van der Waals surface area contributed by atoms with E-state index in [0.29, 0.717) is 34.7 Å². The molecule has 6 bridgehead atoms. The van der Waals surface area contributed by atoms with Crippen molar-refractivity contribution >= 4 is 61.3 Å². The number of hydrogen-bond donors (Lipinski definition) is 3. The lowest BCUT2D eigenvalue weighted by molar-refractivity contribution is -0.141. The van der Waals surface area contributed by atoms with Crippen molar-refractivity contribution in [2.75, 3.05) is 11.9 Å². The summed E-state index contributed by atoms with van der Waals surface area (Å²) in [6.07, 6.45) is 5.17. The van der Waals surface area contributed by atoms with E-state index in [1.165, 1.54) is 16.2 Å². The molecule has 0 radical (unpaired) electrons. The number of hydrogen-bond acceptors (Lipinski definition) is 11. The Morgan fingerprint density at radius 3 is 2.52 bits per heavy atom. The minimum atomic E-state index is -4.12. The summed E-state index contributed by atoms with van der Waals surface area (Å²) in [5, 5.41) is 7.57. The summed E-state index contributed by atoms with van der Waals surface area (Å²) in [6, 6.07) is 13.0. The van der Waals surface area contributed by atoms with Crippen LogP contribution in [0.5, 0.6) is 5.88 Å². The number of fused-ring (bicyclic) bond motifs is 9. The number of halogens is 2. The number of sulfonamides is 1. The van der Waals surface area contributed by atoms with Gasteiger partial charge in [0.15, 0.2) is 5.13 Å². The Labute approximate surface area is 351 Å². The molecule has 2 aliphatic carbocycles. The number of benzene rings is 2. The van der Waals surface area contributed by atoms with Crippen LogP contribution in [0.1, 0.15) is 83.4 Å². The minimum Gasteiger partial charge on any atom is -0.471 e. The van der Waals surface area contributed by atoms with Crippen molar-refractivity contribution < 1.29 is 36.3 Å². The summed E-state index contributed by atoms with van der Waals surface area (Å²) in [6.45, 7) is 5.56. The molecule has 1 saturated heterocycles. The van der Waals surface area contributed by atoms with Crippen LogP contribution < -0.4 is 20.1 Å². The third-order valence-electron chi connectivity index (χ3n) is 11.6. The summed E-state index contributed by atoms with van der Waals surface area (Å²) in [4.78, 5) is 58.9. The second-order valence-corrected chi connectivity index (χ2v) is 20.2. The molecule has 5 atom stereocenters. The van der Waals surface area contributed by atoms with Crippen LogP contribution in [0.15, 0.2) is 60.0 Å². The fourth-order valence-corrected chi connectivity index (χ4v) is 10.1. The Morgan fingerprint density at radius 1 is 1.03 bits per heavy atom. The van der Waals surface area contributed by atoms with Crippen LogP contribution in [0.25, 0.3) is 28.4 Å². The molecule has 8 rings (SSSR count). The summed E-state index contributed by atoms with van der Waals surface area (Å²) in [7, 11) is -4.12. The summed E-state index contributed by atoms with van der Waals surface area (Å²) < 4.78 is 62.7. The van der Waals surface area contributed by atoms with Gasteiger partial charge in [-0.15, -0.1) is 11.3 Å². The zero-order chi connectivity index (χ0) is 42.4. The second kappa shape index (κ2) is 16.4. The first-order valence-electron chi connectivity index (χ1n) is 20.5. The molecule has 13 nitrogen and oxygen atoms in total. The quantitative estimate of drug-likeness (QED) is 0.194. The molecule has 3 amide bonds. The van der Waals surface area contributed by atoms with Crippen LogP contribution in [0.4, 0.5) is 13.9 Å². The van der Waals surface area contributed by atoms with Crippen LogP contribution in [0.3, 0.4) is 0 Å². The number of anilines is 1. The molecule has 17 heteroatoms. The van der Waals surface area contributed by atoms with Gasteiger partial charge in [0.2, 0.25) is 34.1 Å². The van der Waals surface area contributed by atoms with Gasteiger partial charge in [-0.3, -0.25) is 19.1 Å². The summed E-state index contributed by atoms with van der Waals surface area (Å²) in [5.74, 6) is -4.00. The van der Waals surface area contributed by atoms with Gasteiger partial charge in [-0.2, -0.15) is 0 Å². The second-order valence-electron chi connectivity index (χ2n) is 17.3. The number of nitrogens with one attached hydrogen (secondary N) is 3. The molecular weight excluding hydrogens is 813 g/mol. The van der Waals surface area contributed by atoms with Gasteiger partial charge in [0.1, 0.15) is 29.4 Å². The number of rotatable bonds is 6. The molecule has 4 aliphatic rings. The number of aryl methyl sites for hydroxylation is 1. The van der Waals surface area contributed by atoms with E-state index in [1.54, 1.807) is 6.07 Å². The average Bonchev–Trinajstić information content (AvgIpc) is 4.10. The van der Waals surface area contributed by atoms with Gasteiger partial charge < -0.3 is 20.3 Å². The van der Waals surface area contributed by atoms with Crippen LogP contribution in [0, 0.1) is 11.3 Å². The van der Waals surface area contributed by atoms with Gasteiger partial charge in [0, 0.05) is 17.4 Å². The molecule has 4 heterocycles. The van der Waals surface area contributed by atoms with Gasteiger partial charge in [0.25, 0.3) is 5.91 Å². The molecular formula is C43H49F2N7O6S2. The lowest BCUT2D eigenvalue weighted by Crippen LogP contribution is -2.59. The van der Waals surface area contributed by atoms with Crippen molar-refractivity contribution in [2.24, 2.45) is 11.3 Å². The first kappa shape index (κ1) is 41.7. The van der Waals surface area contributed by atoms with Crippen molar-refractivity contribution in [1.29, 1.82) is 0 Å². The zero-order valence-corrected chi connectivity index (χ0v) is 35.3. The predicted molar refractivity (Wildman–Crippen MR) is 225 cm³/mol. The Balaban J connectivity index is 1.17. The first-order chi connectivity index (χ1) is 28.6. The molecule has 0 spiro atoms. The maximum absolute atomic E-state index is 14.9. The van der Waals surface area contributed by atoms with Crippen molar-refractivity contribution in [3.8, 4) is 17.1 Å². The number of alkyl halides is 2. The highest BCUT2D eigenvalue weighted by molar-refractivity contribution is 7.91.